The van der Waals surface area contributed by atoms with Gasteiger partial charge in [0, 0.05) is 22.9 Å². The fourth-order valence-electron chi connectivity index (χ4n) is 1.77. The zero-order valence-electron chi connectivity index (χ0n) is 9.03. The van der Waals surface area contributed by atoms with Crippen molar-refractivity contribution in [2.45, 2.75) is 18.9 Å². The first-order chi connectivity index (χ1) is 8.24. The van der Waals surface area contributed by atoms with Crippen molar-refractivity contribution in [2.24, 2.45) is 0 Å². The van der Waals surface area contributed by atoms with Crippen molar-refractivity contribution >= 4 is 39.2 Å². The second-order valence-corrected chi connectivity index (χ2v) is 5.46. The first-order valence-electron chi connectivity index (χ1n) is 5.49. The third-order valence-corrected chi connectivity index (χ3v) is 3.59. The number of anilines is 2. The maximum absolute atomic E-state index is 6.16. The van der Waals surface area contributed by atoms with Crippen LogP contribution in [-0.4, -0.2) is 9.55 Å². The van der Waals surface area contributed by atoms with E-state index in [-0.39, 0.29) is 0 Å². The Labute approximate surface area is 113 Å². The van der Waals surface area contributed by atoms with E-state index in [1.54, 1.807) is 0 Å². The molecular weight excluding hydrogens is 302 g/mol. The van der Waals surface area contributed by atoms with Crippen LogP contribution in [0.5, 0.6) is 0 Å². The fraction of sp³-hybridized carbons (Fsp3) is 0.250. The Morgan fingerprint density at radius 3 is 2.94 bits per heavy atom. The molecular formula is C12H11BrClN3. The lowest BCUT2D eigenvalue weighted by Gasteiger charge is -2.10. The summed E-state index contributed by atoms with van der Waals surface area (Å²) in [5, 5.41) is 3.95. The summed E-state index contributed by atoms with van der Waals surface area (Å²) >= 11 is 9.55. The molecule has 0 radical (unpaired) electrons. The monoisotopic (exact) mass is 311 g/mol. The molecule has 3 nitrogen and oxygen atoms in total. The number of halogens is 2. The van der Waals surface area contributed by atoms with E-state index in [1.807, 2.05) is 30.6 Å². The Balaban J connectivity index is 1.88. The maximum Gasteiger partial charge on any atom is 0.207 e. The lowest BCUT2D eigenvalue weighted by Crippen LogP contribution is -2.01. The smallest absolute Gasteiger partial charge is 0.207 e. The molecule has 1 fully saturated rings. The van der Waals surface area contributed by atoms with Gasteiger partial charge in [-0.2, -0.15) is 0 Å². The molecule has 17 heavy (non-hydrogen) atoms. The van der Waals surface area contributed by atoms with E-state index in [0.717, 1.165) is 16.1 Å². The number of rotatable bonds is 3. The number of imidazole rings is 1. The van der Waals surface area contributed by atoms with E-state index in [9.17, 15) is 0 Å². The van der Waals surface area contributed by atoms with Crippen molar-refractivity contribution in [3.8, 4) is 0 Å². The van der Waals surface area contributed by atoms with Crippen molar-refractivity contribution in [3.05, 3.63) is 40.1 Å². The molecule has 1 aromatic heterocycles. The predicted molar refractivity (Wildman–Crippen MR) is 72.9 cm³/mol. The van der Waals surface area contributed by atoms with Gasteiger partial charge in [0.25, 0.3) is 0 Å². The van der Waals surface area contributed by atoms with Crippen LogP contribution >= 0.6 is 27.5 Å². The van der Waals surface area contributed by atoms with Gasteiger partial charge in [0.2, 0.25) is 5.95 Å². The Morgan fingerprint density at radius 1 is 1.41 bits per heavy atom. The van der Waals surface area contributed by atoms with Crippen molar-refractivity contribution in [1.82, 2.24) is 9.55 Å². The zero-order chi connectivity index (χ0) is 11.8. The van der Waals surface area contributed by atoms with Crippen LogP contribution in [0.4, 0.5) is 11.6 Å². The molecule has 1 saturated carbocycles. The average molecular weight is 313 g/mol. The van der Waals surface area contributed by atoms with Crippen LogP contribution in [0.3, 0.4) is 0 Å². The molecule has 3 rings (SSSR count). The molecule has 1 aromatic carbocycles. The molecule has 2 aromatic rings. The van der Waals surface area contributed by atoms with Gasteiger partial charge in [0.15, 0.2) is 0 Å². The van der Waals surface area contributed by atoms with Gasteiger partial charge < -0.3 is 9.88 Å². The van der Waals surface area contributed by atoms with Crippen LogP contribution in [0.1, 0.15) is 18.9 Å². The summed E-state index contributed by atoms with van der Waals surface area (Å²) in [6, 6.07) is 6.37. The van der Waals surface area contributed by atoms with E-state index in [4.69, 9.17) is 11.6 Å². The van der Waals surface area contributed by atoms with Gasteiger partial charge in [-0.15, -0.1) is 0 Å². The fourth-order valence-corrected chi connectivity index (χ4v) is 2.49. The van der Waals surface area contributed by atoms with E-state index in [0.29, 0.717) is 11.1 Å². The summed E-state index contributed by atoms with van der Waals surface area (Å²) in [4.78, 5) is 4.32. The third kappa shape index (κ3) is 2.33. The summed E-state index contributed by atoms with van der Waals surface area (Å²) in [7, 11) is 0. The highest BCUT2D eigenvalue weighted by atomic mass is 79.9. The van der Waals surface area contributed by atoms with Crippen LogP contribution in [0, 0.1) is 0 Å². The number of hydrogen-bond acceptors (Lipinski definition) is 2. The second kappa shape index (κ2) is 4.35. The van der Waals surface area contributed by atoms with Gasteiger partial charge >= 0.3 is 0 Å². The Bertz CT molecular complexity index is 548. The van der Waals surface area contributed by atoms with Gasteiger partial charge in [-0.05, 0) is 31.0 Å². The summed E-state index contributed by atoms with van der Waals surface area (Å²) in [5.74, 6) is 0.858. The molecule has 1 N–H and O–H groups in total. The van der Waals surface area contributed by atoms with E-state index < -0.39 is 0 Å². The topological polar surface area (TPSA) is 29.9 Å². The van der Waals surface area contributed by atoms with Crippen LogP contribution < -0.4 is 5.32 Å². The summed E-state index contributed by atoms with van der Waals surface area (Å²) in [6.45, 7) is 0. The van der Waals surface area contributed by atoms with Gasteiger partial charge in [0.05, 0.1) is 10.7 Å². The van der Waals surface area contributed by atoms with Crippen molar-refractivity contribution in [2.75, 3.05) is 5.32 Å². The zero-order valence-corrected chi connectivity index (χ0v) is 11.4. The number of nitrogens with zero attached hydrogens (tertiary/aromatic N) is 2. The summed E-state index contributed by atoms with van der Waals surface area (Å²) in [6.07, 6.45) is 6.29. The largest absolute Gasteiger partial charge is 0.324 e. The molecule has 0 amide bonds. The first kappa shape index (κ1) is 11.1. The molecule has 1 aliphatic rings. The molecule has 0 saturated heterocycles. The Hall–Kier alpha value is -1.00. The SMILES string of the molecule is Clc1cc(Br)ccc1Nc1nccn1C1CC1. The number of nitrogens with one attached hydrogen (secondary N) is 1. The number of benzene rings is 1. The molecule has 1 aliphatic carbocycles. The van der Waals surface area contributed by atoms with Gasteiger partial charge in [-0.3, -0.25) is 0 Å². The molecule has 5 heteroatoms. The Morgan fingerprint density at radius 2 is 2.24 bits per heavy atom. The van der Waals surface area contributed by atoms with Gasteiger partial charge in [0.1, 0.15) is 0 Å². The number of aromatic nitrogens is 2. The van der Waals surface area contributed by atoms with Crippen LogP contribution in [-0.2, 0) is 0 Å². The van der Waals surface area contributed by atoms with Crippen LogP contribution in [0.2, 0.25) is 5.02 Å². The van der Waals surface area contributed by atoms with Crippen molar-refractivity contribution < 1.29 is 0 Å². The maximum atomic E-state index is 6.16. The van der Waals surface area contributed by atoms with Crippen molar-refractivity contribution in [1.29, 1.82) is 0 Å². The van der Waals surface area contributed by atoms with Crippen molar-refractivity contribution in [3.63, 3.8) is 0 Å². The summed E-state index contributed by atoms with van der Waals surface area (Å²) in [5.41, 5.74) is 0.878. The highest BCUT2D eigenvalue weighted by Gasteiger charge is 2.25. The molecule has 0 bridgehead atoms. The second-order valence-electron chi connectivity index (χ2n) is 4.14. The first-order valence-corrected chi connectivity index (χ1v) is 6.66. The predicted octanol–water partition coefficient (Wildman–Crippen LogP) is 4.38. The van der Waals surface area contributed by atoms with Crippen LogP contribution in [0.25, 0.3) is 0 Å². The van der Waals surface area contributed by atoms with E-state index in [2.05, 4.69) is 30.8 Å². The van der Waals surface area contributed by atoms with E-state index >= 15 is 0 Å². The molecule has 0 unspecified atom stereocenters. The van der Waals surface area contributed by atoms with Gasteiger partial charge in [-0.25, -0.2) is 4.98 Å². The lowest BCUT2D eigenvalue weighted by molar-refractivity contribution is 0.751. The normalized spacial score (nSPS) is 14.9. The molecule has 0 aliphatic heterocycles. The number of hydrogen-bond donors (Lipinski definition) is 1. The Kier molecular flexibility index (Phi) is 2.84. The van der Waals surface area contributed by atoms with Gasteiger partial charge in [-0.1, -0.05) is 27.5 Å². The quantitative estimate of drug-likeness (QED) is 0.911. The molecule has 0 atom stereocenters. The minimum atomic E-state index is 0.606. The highest BCUT2D eigenvalue weighted by molar-refractivity contribution is 9.10. The minimum absolute atomic E-state index is 0.606. The lowest BCUT2D eigenvalue weighted by atomic mass is 10.3. The standard InChI is InChI=1S/C12H11BrClN3/c13-8-1-4-11(10(14)7-8)16-12-15-5-6-17(12)9-2-3-9/h1,4-7,9H,2-3H2,(H,15,16). The third-order valence-electron chi connectivity index (χ3n) is 2.79. The molecule has 1 heterocycles. The molecule has 0 spiro atoms. The summed E-state index contributed by atoms with van der Waals surface area (Å²) < 4.78 is 3.14. The molecule has 88 valence electrons. The van der Waals surface area contributed by atoms with Crippen LogP contribution in [0.15, 0.2) is 35.1 Å². The average Bonchev–Trinajstić information content (AvgIpc) is 3.03. The van der Waals surface area contributed by atoms with E-state index in [1.165, 1.54) is 12.8 Å². The highest BCUT2D eigenvalue weighted by Crippen LogP contribution is 2.38. The minimum Gasteiger partial charge on any atom is -0.324 e.